The molecule has 6 nitrogen and oxygen atoms in total. The molecule has 0 bridgehead atoms. The van der Waals surface area contributed by atoms with E-state index in [9.17, 15) is 4.79 Å². The van der Waals surface area contributed by atoms with Crippen molar-refractivity contribution < 1.29 is 14.3 Å². The molecule has 0 fully saturated rings. The number of hydrogen-bond acceptors (Lipinski definition) is 5. The van der Waals surface area contributed by atoms with Crippen LogP contribution in [-0.2, 0) is 7.05 Å². The highest BCUT2D eigenvalue weighted by Crippen LogP contribution is 2.35. The van der Waals surface area contributed by atoms with Gasteiger partial charge in [0, 0.05) is 24.0 Å². The maximum Gasteiger partial charge on any atom is 0.274 e. The Morgan fingerprint density at radius 2 is 2.00 bits per heavy atom. The van der Waals surface area contributed by atoms with E-state index in [0.29, 0.717) is 22.3 Å². The Kier molecular flexibility index (Phi) is 3.72. The predicted octanol–water partition coefficient (Wildman–Crippen LogP) is 2.90. The van der Waals surface area contributed by atoms with Crippen molar-refractivity contribution in [2.24, 2.45) is 7.05 Å². The number of ether oxygens (including phenoxy) is 2. The largest absolute Gasteiger partial charge is 0.496 e. The molecule has 1 N–H and O–H groups in total. The number of nitrogens with zero attached hydrogens (tertiary/aromatic N) is 2. The Morgan fingerprint density at radius 1 is 1.27 bits per heavy atom. The van der Waals surface area contributed by atoms with Crippen molar-refractivity contribution in [1.29, 1.82) is 0 Å². The Bertz CT molecular complexity index is 824. The summed E-state index contributed by atoms with van der Waals surface area (Å²) in [4.78, 5) is 16.5. The van der Waals surface area contributed by atoms with Crippen LogP contribution in [0.5, 0.6) is 11.5 Å². The number of anilines is 1. The van der Waals surface area contributed by atoms with Gasteiger partial charge in [-0.3, -0.25) is 10.1 Å². The number of hydrogen-bond donors (Lipinski definition) is 1. The molecular weight excluding hydrogens is 302 g/mol. The Labute approximate surface area is 131 Å². The van der Waals surface area contributed by atoms with Crippen LogP contribution in [0.4, 0.5) is 5.13 Å². The van der Waals surface area contributed by atoms with Gasteiger partial charge in [0.1, 0.15) is 17.2 Å². The van der Waals surface area contributed by atoms with Gasteiger partial charge in [0.15, 0.2) is 5.13 Å². The number of benzene rings is 1. The predicted molar refractivity (Wildman–Crippen MR) is 86.1 cm³/mol. The van der Waals surface area contributed by atoms with E-state index in [1.165, 1.54) is 11.3 Å². The van der Waals surface area contributed by atoms with Crippen LogP contribution in [0.2, 0.25) is 0 Å². The first-order valence-electron chi connectivity index (χ1n) is 6.57. The zero-order valence-electron chi connectivity index (χ0n) is 12.4. The van der Waals surface area contributed by atoms with Crippen molar-refractivity contribution in [3.8, 4) is 11.5 Å². The fourth-order valence-corrected chi connectivity index (χ4v) is 2.94. The van der Waals surface area contributed by atoms with E-state index in [4.69, 9.17) is 9.47 Å². The Morgan fingerprint density at radius 3 is 2.64 bits per heavy atom. The van der Waals surface area contributed by atoms with Crippen molar-refractivity contribution >= 4 is 33.3 Å². The molecule has 7 heteroatoms. The first-order chi connectivity index (χ1) is 10.7. The lowest BCUT2D eigenvalue weighted by Crippen LogP contribution is -2.15. The molecule has 3 rings (SSSR count). The van der Waals surface area contributed by atoms with Gasteiger partial charge in [-0.05, 0) is 18.2 Å². The molecule has 3 aromatic rings. The van der Waals surface area contributed by atoms with Crippen molar-refractivity contribution in [3.63, 3.8) is 0 Å². The molecule has 0 aliphatic carbocycles. The molecule has 0 radical (unpaired) electrons. The number of rotatable bonds is 4. The molecule has 0 saturated heterocycles. The average molecular weight is 317 g/mol. The number of methoxy groups -OCH3 is 2. The second-order valence-electron chi connectivity index (χ2n) is 4.61. The monoisotopic (exact) mass is 317 g/mol. The number of amides is 1. The van der Waals surface area contributed by atoms with E-state index in [1.807, 2.05) is 24.6 Å². The van der Waals surface area contributed by atoms with Crippen molar-refractivity contribution in [2.45, 2.75) is 0 Å². The van der Waals surface area contributed by atoms with Gasteiger partial charge >= 0.3 is 0 Å². The molecule has 0 spiro atoms. The summed E-state index contributed by atoms with van der Waals surface area (Å²) in [6.07, 6.45) is 1.65. The van der Waals surface area contributed by atoms with E-state index < -0.39 is 0 Å². The number of thiazole rings is 1. The van der Waals surface area contributed by atoms with Gasteiger partial charge in [0.2, 0.25) is 0 Å². The number of aryl methyl sites for hydroxylation is 1. The number of carbonyl (C=O) groups excluding carboxylic acids is 1. The highest BCUT2D eigenvalue weighted by Gasteiger charge is 2.19. The second kappa shape index (κ2) is 5.69. The van der Waals surface area contributed by atoms with Gasteiger partial charge in [-0.2, -0.15) is 0 Å². The van der Waals surface area contributed by atoms with Crippen molar-refractivity contribution in [2.75, 3.05) is 19.5 Å². The molecule has 1 aromatic carbocycles. The zero-order valence-corrected chi connectivity index (χ0v) is 13.2. The lowest BCUT2D eigenvalue weighted by Gasteiger charge is -2.08. The summed E-state index contributed by atoms with van der Waals surface area (Å²) < 4.78 is 12.5. The molecule has 0 unspecified atom stereocenters. The van der Waals surface area contributed by atoms with E-state index >= 15 is 0 Å². The summed E-state index contributed by atoms with van der Waals surface area (Å²) in [5.74, 6) is 1.16. The van der Waals surface area contributed by atoms with Gasteiger partial charge < -0.3 is 14.0 Å². The number of nitrogens with one attached hydrogen (secondary N) is 1. The molecular formula is C15H15N3O3S. The normalized spacial score (nSPS) is 10.7. The minimum absolute atomic E-state index is 0.224. The smallest absolute Gasteiger partial charge is 0.274 e. The summed E-state index contributed by atoms with van der Waals surface area (Å²) in [7, 11) is 5.02. The van der Waals surface area contributed by atoms with E-state index in [-0.39, 0.29) is 5.91 Å². The second-order valence-corrected chi connectivity index (χ2v) is 5.51. The maximum absolute atomic E-state index is 12.5. The fraction of sp³-hybridized carbons (Fsp3) is 0.200. The van der Waals surface area contributed by atoms with Gasteiger partial charge in [-0.1, -0.05) is 0 Å². The summed E-state index contributed by atoms with van der Waals surface area (Å²) in [6.45, 7) is 0. The van der Waals surface area contributed by atoms with Crippen LogP contribution in [0.15, 0.2) is 29.8 Å². The maximum atomic E-state index is 12.5. The van der Waals surface area contributed by atoms with Gasteiger partial charge in [-0.15, -0.1) is 11.3 Å². The lowest BCUT2D eigenvalue weighted by atomic mass is 10.2. The molecule has 2 heterocycles. The molecule has 1 amide bonds. The van der Waals surface area contributed by atoms with Gasteiger partial charge in [0.05, 0.1) is 19.7 Å². The molecule has 22 heavy (non-hydrogen) atoms. The summed E-state index contributed by atoms with van der Waals surface area (Å²) in [5.41, 5.74) is 1.32. The van der Waals surface area contributed by atoms with Crippen LogP contribution in [0.1, 0.15) is 10.5 Å². The number of carbonyl (C=O) groups is 1. The van der Waals surface area contributed by atoms with Crippen molar-refractivity contribution in [1.82, 2.24) is 9.55 Å². The molecule has 2 aromatic heterocycles. The van der Waals surface area contributed by atoms with Crippen LogP contribution in [0.3, 0.4) is 0 Å². The highest BCUT2D eigenvalue weighted by molar-refractivity contribution is 7.13. The van der Waals surface area contributed by atoms with E-state index in [0.717, 1.165) is 10.9 Å². The summed E-state index contributed by atoms with van der Waals surface area (Å²) in [5, 5.41) is 5.98. The third-order valence-corrected chi connectivity index (χ3v) is 4.13. The quantitative estimate of drug-likeness (QED) is 0.803. The molecule has 0 atom stereocenters. The minimum Gasteiger partial charge on any atom is -0.496 e. The fourth-order valence-electron chi connectivity index (χ4n) is 2.42. The third kappa shape index (κ3) is 2.29. The molecule has 0 aliphatic rings. The summed E-state index contributed by atoms with van der Waals surface area (Å²) in [6, 6.07) is 5.44. The van der Waals surface area contributed by atoms with Crippen LogP contribution < -0.4 is 14.8 Å². The first kappa shape index (κ1) is 14.4. The average Bonchev–Trinajstić information content (AvgIpc) is 3.14. The standard InChI is InChI=1S/C15H15N3O3S/c1-18-10(14(19)17-15-16-6-7-22-15)8-9-11(20-2)4-5-12(21-3)13(9)18/h4-8H,1-3H3,(H,16,17,19). The van der Waals surface area contributed by atoms with Crippen molar-refractivity contribution in [3.05, 3.63) is 35.5 Å². The molecule has 114 valence electrons. The van der Waals surface area contributed by atoms with Crippen LogP contribution in [0, 0.1) is 0 Å². The SMILES string of the molecule is COc1ccc(OC)c2c1cc(C(=O)Nc1nccs1)n2C. The molecule has 0 aliphatic heterocycles. The van der Waals surface area contributed by atoms with Gasteiger partial charge in [0.25, 0.3) is 5.91 Å². The highest BCUT2D eigenvalue weighted by atomic mass is 32.1. The van der Waals surface area contributed by atoms with Crippen LogP contribution >= 0.6 is 11.3 Å². The topological polar surface area (TPSA) is 65.4 Å². The van der Waals surface area contributed by atoms with Gasteiger partial charge in [-0.25, -0.2) is 4.98 Å². The van der Waals surface area contributed by atoms with E-state index in [2.05, 4.69) is 10.3 Å². The lowest BCUT2D eigenvalue weighted by molar-refractivity contribution is 0.101. The van der Waals surface area contributed by atoms with E-state index in [1.54, 1.807) is 31.0 Å². The Hall–Kier alpha value is -2.54. The zero-order chi connectivity index (χ0) is 15.7. The minimum atomic E-state index is -0.224. The van der Waals surface area contributed by atoms with Crippen LogP contribution in [-0.4, -0.2) is 29.7 Å². The summed E-state index contributed by atoms with van der Waals surface area (Å²) >= 11 is 1.37. The number of fused-ring (bicyclic) bond motifs is 1. The first-order valence-corrected chi connectivity index (χ1v) is 7.45. The van der Waals surface area contributed by atoms with Crippen LogP contribution in [0.25, 0.3) is 10.9 Å². The molecule has 0 saturated carbocycles. The number of aromatic nitrogens is 2. The third-order valence-electron chi connectivity index (χ3n) is 3.44. The Balaban J connectivity index is 2.10.